The number of nitrogens with one attached hydrogen (secondary N) is 2. The Morgan fingerprint density at radius 1 is 0.975 bits per heavy atom. The molecule has 4 N–H and O–H groups in total. The zero-order valence-electron chi connectivity index (χ0n) is 21.8. The number of methoxy groups -OCH3 is 1. The fourth-order valence-electron chi connectivity index (χ4n) is 4.78. The van der Waals surface area contributed by atoms with Crippen LogP contribution in [0.25, 0.3) is 33.2 Å². The smallest absolute Gasteiger partial charge is 0.252 e. The number of anilines is 2. The molecule has 1 unspecified atom stereocenters. The average molecular weight is 550 g/mol. The average Bonchev–Trinajstić information content (AvgIpc) is 2.98. The van der Waals surface area contributed by atoms with E-state index in [1.165, 1.54) is 0 Å². The molecule has 2 aromatic heterocycles. The molecule has 1 atom stereocenters. The molecule has 0 saturated carbocycles. The van der Waals surface area contributed by atoms with Gasteiger partial charge in [0.15, 0.2) is 0 Å². The van der Waals surface area contributed by atoms with Crippen LogP contribution in [0.2, 0.25) is 0 Å². The molecule has 200 valence electrons. The van der Waals surface area contributed by atoms with Crippen LogP contribution < -0.4 is 25.2 Å². The summed E-state index contributed by atoms with van der Waals surface area (Å²) in [5.41, 5.74) is 11.5. The van der Waals surface area contributed by atoms with E-state index in [9.17, 15) is 4.79 Å². The van der Waals surface area contributed by atoms with E-state index in [4.69, 9.17) is 15.2 Å². The summed E-state index contributed by atoms with van der Waals surface area (Å²) in [6.07, 6.45) is 1.76. The third-order valence-electron chi connectivity index (χ3n) is 6.64. The van der Waals surface area contributed by atoms with E-state index < -0.39 is 10.7 Å². The van der Waals surface area contributed by atoms with Gasteiger partial charge in [-0.2, -0.15) is 0 Å². The van der Waals surface area contributed by atoms with Crippen molar-refractivity contribution in [1.82, 2.24) is 15.3 Å². The SMILES string of the molecule is C=S1Nc2cccc(c2)OCCNC(=O)c2c(-c3ccccc3)c(N)nc3ccc(cc23)-c2cnc(OC)c1c2. The van der Waals surface area contributed by atoms with E-state index in [0.717, 1.165) is 27.3 Å². The largest absolute Gasteiger partial charge is 0.492 e. The second kappa shape index (κ2) is 10.7. The van der Waals surface area contributed by atoms with Gasteiger partial charge in [0, 0.05) is 34.5 Å². The van der Waals surface area contributed by atoms with Gasteiger partial charge >= 0.3 is 0 Å². The van der Waals surface area contributed by atoms with E-state index in [1.807, 2.05) is 78.9 Å². The summed E-state index contributed by atoms with van der Waals surface area (Å²) in [5, 5.41) is 3.70. The summed E-state index contributed by atoms with van der Waals surface area (Å²) in [6.45, 7) is 0.587. The van der Waals surface area contributed by atoms with E-state index in [2.05, 4.69) is 25.9 Å². The minimum atomic E-state index is -0.689. The number of nitrogens with two attached hydrogens (primary N) is 1. The zero-order valence-corrected chi connectivity index (χ0v) is 22.6. The van der Waals surface area contributed by atoms with Crippen LogP contribution in [0.3, 0.4) is 0 Å². The number of aromatic nitrogens is 2. The molecule has 0 fully saturated rings. The van der Waals surface area contributed by atoms with Crippen LogP contribution >= 0.6 is 10.7 Å². The first-order valence-corrected chi connectivity index (χ1v) is 14.1. The van der Waals surface area contributed by atoms with Crippen LogP contribution in [-0.4, -0.2) is 42.0 Å². The van der Waals surface area contributed by atoms with Crippen molar-refractivity contribution in [2.45, 2.75) is 4.90 Å². The lowest BCUT2D eigenvalue weighted by Crippen LogP contribution is -2.29. The Balaban J connectivity index is 1.58. The van der Waals surface area contributed by atoms with Crippen LogP contribution in [0, 0.1) is 0 Å². The van der Waals surface area contributed by atoms with Gasteiger partial charge in [-0.3, -0.25) is 4.79 Å². The Labute approximate surface area is 234 Å². The highest BCUT2D eigenvalue weighted by molar-refractivity contribution is 8.15. The molecule has 6 rings (SSSR count). The number of amides is 1. The highest BCUT2D eigenvalue weighted by Crippen LogP contribution is 2.39. The van der Waals surface area contributed by atoms with Crippen LogP contribution in [0.15, 0.2) is 90.0 Å². The first-order chi connectivity index (χ1) is 19.5. The maximum Gasteiger partial charge on any atom is 0.252 e. The highest BCUT2D eigenvalue weighted by Gasteiger charge is 2.22. The lowest BCUT2D eigenvalue weighted by atomic mass is 9.94. The molecule has 0 aliphatic carbocycles. The summed E-state index contributed by atoms with van der Waals surface area (Å²) in [6, 6.07) is 25.0. The second-order valence-corrected chi connectivity index (χ2v) is 10.6. The number of carbonyl (C=O) groups excluding carboxylic acids is 1. The van der Waals surface area contributed by atoms with E-state index in [1.54, 1.807) is 13.3 Å². The monoisotopic (exact) mass is 549 g/mol. The summed E-state index contributed by atoms with van der Waals surface area (Å²) >= 11 is 0. The third kappa shape index (κ3) is 4.83. The molecule has 3 heterocycles. The van der Waals surface area contributed by atoms with Crippen LogP contribution in [0.5, 0.6) is 11.6 Å². The lowest BCUT2D eigenvalue weighted by Gasteiger charge is -2.17. The molecule has 1 aliphatic rings. The number of ether oxygens (including phenoxy) is 2. The Kier molecular flexibility index (Phi) is 6.79. The van der Waals surface area contributed by atoms with Crippen molar-refractivity contribution in [1.29, 1.82) is 0 Å². The summed E-state index contributed by atoms with van der Waals surface area (Å²) in [7, 11) is 0.903. The number of carbonyl (C=O) groups is 1. The Morgan fingerprint density at radius 2 is 1.82 bits per heavy atom. The molecule has 3 aromatic carbocycles. The predicted octanol–water partition coefficient (Wildman–Crippen LogP) is 5.76. The second-order valence-electron chi connectivity index (χ2n) is 9.20. The van der Waals surface area contributed by atoms with Crippen molar-refractivity contribution in [3.8, 4) is 33.9 Å². The van der Waals surface area contributed by atoms with Gasteiger partial charge in [0.05, 0.1) is 29.6 Å². The van der Waals surface area contributed by atoms with Crippen LogP contribution in [0.4, 0.5) is 11.5 Å². The predicted molar refractivity (Wildman–Crippen MR) is 162 cm³/mol. The number of rotatable bonds is 2. The first kappa shape index (κ1) is 25.4. The van der Waals surface area contributed by atoms with Gasteiger partial charge in [-0.05, 0) is 41.5 Å². The molecule has 40 heavy (non-hydrogen) atoms. The molecule has 0 spiro atoms. The van der Waals surface area contributed by atoms with Gasteiger partial charge in [-0.1, -0.05) is 59.0 Å². The number of hydrogen-bond acceptors (Lipinski definition) is 7. The van der Waals surface area contributed by atoms with Gasteiger partial charge in [0.25, 0.3) is 5.91 Å². The third-order valence-corrected chi connectivity index (χ3v) is 7.95. The van der Waals surface area contributed by atoms with Crippen molar-refractivity contribution < 1.29 is 14.3 Å². The standard InChI is InChI=1S/C31H27N5O3S/c1-38-31-26-16-21(18-34-31)20-11-12-25-24(15-20)28(27(29(32)35-25)19-7-4-3-5-8-19)30(37)33-13-14-39-23-10-6-9-22(17-23)36-40(26)2/h3-12,15-18,36H,2,13-14H2,1H3,(H2,32,35)(H,33,37). The number of fused-ring (bicyclic) bond motifs is 6. The fourth-order valence-corrected chi connectivity index (χ4v) is 5.92. The molecular weight excluding hydrogens is 522 g/mol. The van der Waals surface area contributed by atoms with Crippen molar-refractivity contribution in [3.63, 3.8) is 0 Å². The van der Waals surface area contributed by atoms with Crippen molar-refractivity contribution >= 4 is 44.9 Å². The minimum absolute atomic E-state index is 0.258. The molecule has 0 saturated heterocycles. The number of pyridine rings is 2. The van der Waals surface area contributed by atoms with Crippen molar-refractivity contribution in [3.05, 3.63) is 90.6 Å². The van der Waals surface area contributed by atoms with E-state index in [-0.39, 0.29) is 18.3 Å². The normalized spacial score (nSPS) is 15.0. The van der Waals surface area contributed by atoms with Crippen molar-refractivity contribution in [2.75, 3.05) is 30.7 Å². The molecule has 0 radical (unpaired) electrons. The maximum absolute atomic E-state index is 13.8. The maximum atomic E-state index is 13.8. The van der Waals surface area contributed by atoms with E-state index in [0.29, 0.717) is 40.2 Å². The first-order valence-electron chi connectivity index (χ1n) is 12.7. The summed E-state index contributed by atoms with van der Waals surface area (Å²) in [5.74, 6) is 5.55. The Hall–Kier alpha value is -4.89. The minimum Gasteiger partial charge on any atom is -0.492 e. The van der Waals surface area contributed by atoms with Gasteiger partial charge in [-0.15, -0.1) is 0 Å². The number of nitrogen functional groups attached to an aromatic ring is 1. The molecule has 9 heteroatoms. The molecule has 1 amide bonds. The highest BCUT2D eigenvalue weighted by atomic mass is 32.2. The molecular formula is C31H27N5O3S. The molecule has 6 bridgehead atoms. The van der Waals surface area contributed by atoms with Gasteiger partial charge < -0.3 is 25.2 Å². The van der Waals surface area contributed by atoms with Gasteiger partial charge in [0.1, 0.15) is 18.2 Å². The molecule has 8 nitrogen and oxygen atoms in total. The van der Waals surface area contributed by atoms with E-state index >= 15 is 0 Å². The van der Waals surface area contributed by atoms with Gasteiger partial charge in [-0.25, -0.2) is 9.97 Å². The number of benzene rings is 3. The Morgan fingerprint density at radius 3 is 2.65 bits per heavy atom. The number of nitrogens with zero attached hydrogens (tertiary/aromatic N) is 2. The van der Waals surface area contributed by atoms with Crippen LogP contribution in [-0.2, 0) is 0 Å². The molecule has 1 aliphatic heterocycles. The van der Waals surface area contributed by atoms with Crippen molar-refractivity contribution in [2.24, 2.45) is 0 Å². The number of hydrogen-bond donors (Lipinski definition) is 3. The van der Waals surface area contributed by atoms with Crippen LogP contribution in [0.1, 0.15) is 10.4 Å². The summed E-state index contributed by atoms with van der Waals surface area (Å²) in [4.78, 5) is 23.9. The molecule has 5 aromatic rings. The quantitative estimate of drug-likeness (QED) is 0.240. The fraction of sp³-hybridized carbons (Fsp3) is 0.0968. The summed E-state index contributed by atoms with van der Waals surface area (Å²) < 4.78 is 15.0. The zero-order chi connectivity index (χ0) is 27.6. The topological polar surface area (TPSA) is 111 Å². The van der Waals surface area contributed by atoms with Gasteiger partial charge in [0.2, 0.25) is 5.88 Å². The lowest BCUT2D eigenvalue weighted by molar-refractivity contribution is 0.0949. The Bertz CT molecular complexity index is 1770.